The van der Waals surface area contributed by atoms with Crippen LogP contribution in [0.2, 0.25) is 0 Å². The summed E-state index contributed by atoms with van der Waals surface area (Å²) >= 11 is 0. The zero-order valence-electron chi connectivity index (χ0n) is 14.7. The summed E-state index contributed by atoms with van der Waals surface area (Å²) in [6.07, 6.45) is 0.520. The van der Waals surface area contributed by atoms with Crippen LogP contribution in [0.4, 0.5) is 0 Å². The molecule has 0 bridgehead atoms. The lowest BCUT2D eigenvalue weighted by Gasteiger charge is -2.35. The summed E-state index contributed by atoms with van der Waals surface area (Å²) in [6, 6.07) is 16.9. The SMILES string of the molecule is Cc1ccc(C)c(CC(=O)N2CCN(Cc3ccccc3)CC2)c1. The minimum absolute atomic E-state index is 0.253. The van der Waals surface area contributed by atoms with Crippen molar-refractivity contribution in [2.24, 2.45) is 0 Å². The number of rotatable bonds is 4. The summed E-state index contributed by atoms with van der Waals surface area (Å²) in [7, 11) is 0. The van der Waals surface area contributed by atoms with Gasteiger partial charge in [-0.05, 0) is 30.5 Å². The fraction of sp³-hybridized carbons (Fsp3) is 0.381. The Hall–Kier alpha value is -2.13. The van der Waals surface area contributed by atoms with Gasteiger partial charge in [-0.2, -0.15) is 0 Å². The Balaban J connectivity index is 1.52. The van der Waals surface area contributed by atoms with E-state index in [9.17, 15) is 4.79 Å². The third-order valence-corrected chi connectivity index (χ3v) is 4.82. The summed E-state index contributed by atoms with van der Waals surface area (Å²) in [5.74, 6) is 0.253. The first-order valence-electron chi connectivity index (χ1n) is 8.72. The van der Waals surface area contributed by atoms with Crippen LogP contribution in [0.15, 0.2) is 48.5 Å². The molecule has 1 fully saturated rings. The number of amides is 1. The van der Waals surface area contributed by atoms with E-state index in [4.69, 9.17) is 0 Å². The Morgan fingerprint density at radius 1 is 0.958 bits per heavy atom. The first-order valence-corrected chi connectivity index (χ1v) is 8.72. The summed E-state index contributed by atoms with van der Waals surface area (Å²) in [5, 5.41) is 0. The molecule has 2 aromatic carbocycles. The molecule has 1 saturated heterocycles. The zero-order valence-corrected chi connectivity index (χ0v) is 14.7. The number of carbonyl (C=O) groups excluding carboxylic acids is 1. The van der Waals surface area contributed by atoms with Gasteiger partial charge in [0, 0.05) is 32.7 Å². The van der Waals surface area contributed by atoms with Crippen molar-refractivity contribution >= 4 is 5.91 Å². The highest BCUT2D eigenvalue weighted by Crippen LogP contribution is 2.14. The quantitative estimate of drug-likeness (QED) is 0.863. The lowest BCUT2D eigenvalue weighted by molar-refractivity contribution is -0.132. The summed E-state index contributed by atoms with van der Waals surface area (Å²) in [4.78, 5) is 17.0. The number of nitrogens with zero attached hydrogens (tertiary/aromatic N) is 2. The molecule has 1 amide bonds. The topological polar surface area (TPSA) is 23.6 Å². The van der Waals surface area contributed by atoms with Gasteiger partial charge in [-0.3, -0.25) is 9.69 Å². The van der Waals surface area contributed by atoms with Crippen molar-refractivity contribution in [3.05, 3.63) is 70.8 Å². The van der Waals surface area contributed by atoms with Crippen LogP contribution in [0.3, 0.4) is 0 Å². The van der Waals surface area contributed by atoms with E-state index in [0.29, 0.717) is 6.42 Å². The maximum atomic E-state index is 12.6. The van der Waals surface area contributed by atoms with E-state index in [2.05, 4.69) is 61.2 Å². The minimum Gasteiger partial charge on any atom is -0.340 e. The van der Waals surface area contributed by atoms with E-state index in [1.54, 1.807) is 0 Å². The molecule has 2 aromatic rings. The molecule has 0 spiro atoms. The van der Waals surface area contributed by atoms with Gasteiger partial charge in [0.1, 0.15) is 0 Å². The molecular formula is C21H26N2O. The summed E-state index contributed by atoms with van der Waals surface area (Å²) in [5.41, 5.74) is 4.92. The van der Waals surface area contributed by atoms with Crippen molar-refractivity contribution in [2.75, 3.05) is 26.2 Å². The molecule has 0 radical (unpaired) electrons. The normalized spacial score (nSPS) is 15.5. The lowest BCUT2D eigenvalue weighted by atomic mass is 10.0. The molecule has 0 atom stereocenters. The highest BCUT2D eigenvalue weighted by atomic mass is 16.2. The summed E-state index contributed by atoms with van der Waals surface area (Å²) < 4.78 is 0. The molecule has 0 unspecified atom stereocenters. The third kappa shape index (κ3) is 4.24. The van der Waals surface area contributed by atoms with Crippen LogP contribution in [0, 0.1) is 13.8 Å². The van der Waals surface area contributed by atoms with Crippen LogP contribution in [-0.2, 0) is 17.8 Å². The van der Waals surface area contributed by atoms with Crippen LogP contribution < -0.4 is 0 Å². The van der Waals surface area contributed by atoms with E-state index < -0.39 is 0 Å². The Morgan fingerprint density at radius 2 is 1.67 bits per heavy atom. The molecule has 1 heterocycles. The van der Waals surface area contributed by atoms with Gasteiger partial charge in [0.15, 0.2) is 0 Å². The van der Waals surface area contributed by atoms with Crippen molar-refractivity contribution in [3.8, 4) is 0 Å². The average Bonchev–Trinajstić information content (AvgIpc) is 2.60. The fourth-order valence-electron chi connectivity index (χ4n) is 3.26. The van der Waals surface area contributed by atoms with Gasteiger partial charge < -0.3 is 4.90 Å². The highest BCUT2D eigenvalue weighted by molar-refractivity contribution is 5.79. The van der Waals surface area contributed by atoms with Gasteiger partial charge in [-0.1, -0.05) is 54.1 Å². The highest BCUT2D eigenvalue weighted by Gasteiger charge is 2.21. The minimum atomic E-state index is 0.253. The van der Waals surface area contributed by atoms with E-state index in [0.717, 1.165) is 38.3 Å². The lowest BCUT2D eigenvalue weighted by Crippen LogP contribution is -2.48. The average molecular weight is 322 g/mol. The van der Waals surface area contributed by atoms with Crippen molar-refractivity contribution in [3.63, 3.8) is 0 Å². The molecule has 3 rings (SSSR count). The van der Waals surface area contributed by atoms with Crippen molar-refractivity contribution in [1.82, 2.24) is 9.80 Å². The first-order chi connectivity index (χ1) is 11.6. The van der Waals surface area contributed by atoms with E-state index >= 15 is 0 Å². The zero-order chi connectivity index (χ0) is 16.9. The predicted octanol–water partition coefficient (Wildman–Crippen LogP) is 3.19. The molecule has 24 heavy (non-hydrogen) atoms. The molecule has 1 aliphatic heterocycles. The second-order valence-electron chi connectivity index (χ2n) is 6.75. The molecule has 0 aliphatic carbocycles. The molecule has 3 heteroatoms. The monoisotopic (exact) mass is 322 g/mol. The smallest absolute Gasteiger partial charge is 0.227 e. The Bertz CT molecular complexity index is 688. The Labute approximate surface area is 144 Å². The Morgan fingerprint density at radius 3 is 2.38 bits per heavy atom. The van der Waals surface area contributed by atoms with Crippen LogP contribution in [-0.4, -0.2) is 41.9 Å². The maximum absolute atomic E-state index is 12.6. The van der Waals surface area contributed by atoms with Gasteiger partial charge in [0.25, 0.3) is 0 Å². The van der Waals surface area contributed by atoms with E-state index in [1.165, 1.54) is 16.7 Å². The number of aryl methyl sites for hydroxylation is 2. The van der Waals surface area contributed by atoms with Crippen LogP contribution in [0.5, 0.6) is 0 Å². The fourth-order valence-corrected chi connectivity index (χ4v) is 3.26. The molecule has 126 valence electrons. The van der Waals surface area contributed by atoms with Crippen molar-refractivity contribution < 1.29 is 4.79 Å². The second kappa shape index (κ2) is 7.63. The van der Waals surface area contributed by atoms with Crippen molar-refractivity contribution in [2.45, 2.75) is 26.8 Å². The molecular weight excluding hydrogens is 296 g/mol. The maximum Gasteiger partial charge on any atom is 0.227 e. The van der Waals surface area contributed by atoms with E-state index in [-0.39, 0.29) is 5.91 Å². The van der Waals surface area contributed by atoms with Gasteiger partial charge in [0.05, 0.1) is 6.42 Å². The number of hydrogen-bond donors (Lipinski definition) is 0. The second-order valence-corrected chi connectivity index (χ2v) is 6.75. The summed E-state index contributed by atoms with van der Waals surface area (Å²) in [6.45, 7) is 8.70. The standard InChI is InChI=1S/C21H26N2O/c1-17-8-9-18(2)20(14-17)15-21(24)23-12-10-22(11-13-23)16-19-6-4-3-5-7-19/h3-9,14H,10-13,15-16H2,1-2H3. The molecule has 0 saturated carbocycles. The number of benzene rings is 2. The van der Waals surface area contributed by atoms with E-state index in [1.807, 2.05) is 11.0 Å². The number of hydrogen-bond acceptors (Lipinski definition) is 2. The van der Waals surface area contributed by atoms with Crippen LogP contribution in [0.25, 0.3) is 0 Å². The molecule has 0 aromatic heterocycles. The Kier molecular flexibility index (Phi) is 5.31. The largest absolute Gasteiger partial charge is 0.340 e. The van der Waals surface area contributed by atoms with Gasteiger partial charge in [0.2, 0.25) is 5.91 Å². The number of piperazine rings is 1. The first kappa shape index (κ1) is 16.7. The predicted molar refractivity (Wildman–Crippen MR) is 97.9 cm³/mol. The van der Waals surface area contributed by atoms with Gasteiger partial charge >= 0.3 is 0 Å². The van der Waals surface area contributed by atoms with Crippen molar-refractivity contribution in [1.29, 1.82) is 0 Å². The van der Waals surface area contributed by atoms with Crippen LogP contribution >= 0.6 is 0 Å². The molecule has 3 nitrogen and oxygen atoms in total. The van der Waals surface area contributed by atoms with Crippen LogP contribution in [0.1, 0.15) is 22.3 Å². The third-order valence-electron chi connectivity index (χ3n) is 4.82. The number of carbonyl (C=O) groups is 1. The van der Waals surface area contributed by atoms with Gasteiger partial charge in [-0.15, -0.1) is 0 Å². The molecule has 1 aliphatic rings. The van der Waals surface area contributed by atoms with Gasteiger partial charge in [-0.25, -0.2) is 0 Å². The molecule has 0 N–H and O–H groups in total.